The second kappa shape index (κ2) is 10.2. The number of nitrogens with two attached hydrogens (primary N) is 1. The number of carbonyl (C=O) groups is 2. The molecule has 1 aliphatic heterocycles. The van der Waals surface area contributed by atoms with Crippen molar-refractivity contribution in [3.8, 4) is 11.8 Å². The maximum absolute atomic E-state index is 15.3. The first-order valence-electron chi connectivity index (χ1n) is 13.3. The maximum atomic E-state index is 15.3. The van der Waals surface area contributed by atoms with Gasteiger partial charge in [0.05, 0.1) is 29.2 Å². The molecule has 2 amide bonds. The zero-order valence-electron chi connectivity index (χ0n) is 22.4. The van der Waals surface area contributed by atoms with Crippen LogP contribution in [0.15, 0.2) is 42.6 Å². The Labute approximate surface area is 230 Å². The number of anilines is 1. The topological polar surface area (TPSA) is 107 Å². The van der Waals surface area contributed by atoms with Crippen LogP contribution in [0.2, 0.25) is 0 Å². The number of nitrogens with zero attached hydrogens (tertiary/aromatic N) is 5. The maximum Gasteiger partial charge on any atom is 0.272 e. The van der Waals surface area contributed by atoms with E-state index in [-0.39, 0.29) is 30.0 Å². The number of fused-ring (bicyclic) bond motifs is 3. The molecule has 2 N–H and O–H groups in total. The lowest BCUT2D eigenvalue weighted by Gasteiger charge is -2.32. The van der Waals surface area contributed by atoms with Gasteiger partial charge in [0.1, 0.15) is 17.7 Å². The number of ether oxygens (including phenoxy) is 1. The number of halogens is 1. The Morgan fingerprint density at radius 2 is 2.00 bits per heavy atom. The van der Waals surface area contributed by atoms with Crippen LogP contribution in [0.1, 0.15) is 47.2 Å². The van der Waals surface area contributed by atoms with Crippen molar-refractivity contribution in [1.82, 2.24) is 24.8 Å². The van der Waals surface area contributed by atoms with E-state index in [1.54, 1.807) is 55.3 Å². The van der Waals surface area contributed by atoms with Gasteiger partial charge in [-0.2, -0.15) is 5.10 Å². The van der Waals surface area contributed by atoms with Crippen LogP contribution in [0.4, 0.5) is 10.2 Å². The summed E-state index contributed by atoms with van der Waals surface area (Å²) in [6.07, 6.45) is 4.91. The van der Waals surface area contributed by atoms with Crippen LogP contribution in [0, 0.1) is 23.6 Å². The SMILES string of the molecule is CN(C(=O)C1CC1)N(Cc1ccc(C#CC2CCCO2)cc1F)C(=O)c1ccc2nc(N)c3cnn(C)c3c2c1. The average molecular weight is 541 g/mol. The summed E-state index contributed by atoms with van der Waals surface area (Å²) in [5, 5.41) is 8.29. The fourth-order valence-corrected chi connectivity index (χ4v) is 5.04. The van der Waals surface area contributed by atoms with Crippen molar-refractivity contribution < 1.29 is 18.7 Å². The third-order valence-corrected chi connectivity index (χ3v) is 7.48. The molecule has 0 radical (unpaired) electrons. The van der Waals surface area contributed by atoms with Gasteiger partial charge in [-0.3, -0.25) is 19.3 Å². The Kier molecular flexibility index (Phi) is 6.60. The van der Waals surface area contributed by atoms with Gasteiger partial charge in [0, 0.05) is 48.7 Å². The molecule has 1 atom stereocenters. The Balaban J connectivity index is 1.34. The Hall–Kier alpha value is -4.49. The minimum Gasteiger partial charge on any atom is -0.383 e. The molecule has 9 nitrogen and oxygen atoms in total. The normalized spacial score (nSPS) is 16.6. The summed E-state index contributed by atoms with van der Waals surface area (Å²) in [4.78, 5) is 31.4. The van der Waals surface area contributed by atoms with E-state index >= 15 is 4.39 Å². The highest BCUT2D eigenvalue weighted by atomic mass is 19.1. The van der Waals surface area contributed by atoms with E-state index in [2.05, 4.69) is 21.9 Å². The minimum atomic E-state index is -0.501. The molecule has 3 heterocycles. The molecule has 1 aliphatic carbocycles. The Bertz CT molecular complexity index is 1710. The number of hydrazine groups is 1. The molecule has 1 saturated carbocycles. The Morgan fingerprint density at radius 3 is 2.73 bits per heavy atom. The summed E-state index contributed by atoms with van der Waals surface area (Å²) >= 11 is 0. The number of amides is 2. The van der Waals surface area contributed by atoms with Gasteiger partial charge in [0.2, 0.25) is 5.91 Å². The van der Waals surface area contributed by atoms with Crippen LogP contribution in [0.3, 0.4) is 0 Å². The van der Waals surface area contributed by atoms with Crippen molar-refractivity contribution in [2.75, 3.05) is 19.4 Å². The van der Waals surface area contributed by atoms with Gasteiger partial charge in [-0.25, -0.2) is 14.4 Å². The van der Waals surface area contributed by atoms with Gasteiger partial charge in [-0.15, -0.1) is 0 Å². The van der Waals surface area contributed by atoms with Crippen LogP contribution in [-0.2, 0) is 23.1 Å². The van der Waals surface area contributed by atoms with E-state index in [1.807, 2.05) is 0 Å². The summed E-state index contributed by atoms with van der Waals surface area (Å²) < 4.78 is 22.5. The van der Waals surface area contributed by atoms with Crippen LogP contribution in [-0.4, -0.2) is 56.4 Å². The lowest BCUT2D eigenvalue weighted by Crippen LogP contribution is -2.47. The van der Waals surface area contributed by atoms with Gasteiger partial charge in [0.25, 0.3) is 5.91 Å². The molecule has 2 fully saturated rings. The molecule has 1 unspecified atom stereocenters. The zero-order chi connectivity index (χ0) is 28.0. The first-order chi connectivity index (χ1) is 19.3. The molecular weight excluding hydrogens is 511 g/mol. The standard InChI is InChI=1S/C30H29FN6O3/c1-35-27-23-15-20(10-12-26(23)34-28(32)24(27)16-33-35)30(39)37(36(2)29(38)19-8-9-19)17-21-7-5-18(14-25(21)31)6-11-22-4-3-13-40-22/h5,7,10,12,14-16,19,22H,3-4,8-9,13,17H2,1-2H3,(H2,32,34). The molecule has 10 heteroatoms. The molecule has 4 aromatic rings. The summed E-state index contributed by atoms with van der Waals surface area (Å²) in [5.74, 6) is 5.13. The van der Waals surface area contributed by atoms with Crippen molar-refractivity contribution >= 4 is 39.4 Å². The molecule has 40 heavy (non-hydrogen) atoms. The number of nitrogen functional groups attached to an aromatic ring is 1. The van der Waals surface area contributed by atoms with E-state index in [9.17, 15) is 9.59 Å². The van der Waals surface area contributed by atoms with E-state index < -0.39 is 11.7 Å². The summed E-state index contributed by atoms with van der Waals surface area (Å²) in [5.41, 5.74) is 8.61. The van der Waals surface area contributed by atoms with Crippen LogP contribution in [0.25, 0.3) is 21.8 Å². The second-order valence-electron chi connectivity index (χ2n) is 10.3. The number of rotatable bonds is 4. The number of hydrogen-bond donors (Lipinski definition) is 1. The smallest absolute Gasteiger partial charge is 0.272 e. The second-order valence-corrected chi connectivity index (χ2v) is 10.3. The van der Waals surface area contributed by atoms with Crippen molar-refractivity contribution in [3.05, 3.63) is 65.1 Å². The molecule has 0 spiro atoms. The quantitative estimate of drug-likeness (QED) is 0.312. The minimum absolute atomic E-state index is 0.126. The van der Waals surface area contributed by atoms with Crippen molar-refractivity contribution in [1.29, 1.82) is 0 Å². The molecule has 2 aromatic carbocycles. The number of pyridine rings is 1. The largest absolute Gasteiger partial charge is 0.383 e. The van der Waals surface area contributed by atoms with Crippen LogP contribution in [0.5, 0.6) is 0 Å². The third kappa shape index (κ3) is 4.84. The van der Waals surface area contributed by atoms with Gasteiger partial charge >= 0.3 is 0 Å². The molecule has 0 bridgehead atoms. The summed E-state index contributed by atoms with van der Waals surface area (Å²) in [6.45, 7) is 0.566. The molecule has 6 rings (SSSR count). The van der Waals surface area contributed by atoms with Gasteiger partial charge in [-0.05, 0) is 56.0 Å². The monoisotopic (exact) mass is 540 g/mol. The number of hydrogen-bond acceptors (Lipinski definition) is 6. The highest BCUT2D eigenvalue weighted by Gasteiger charge is 2.36. The first-order valence-corrected chi connectivity index (χ1v) is 13.3. The van der Waals surface area contributed by atoms with Gasteiger partial charge in [0.15, 0.2) is 0 Å². The molecule has 2 aliphatic rings. The highest BCUT2D eigenvalue weighted by molar-refractivity contribution is 6.10. The zero-order valence-corrected chi connectivity index (χ0v) is 22.4. The van der Waals surface area contributed by atoms with E-state index in [0.29, 0.717) is 39.8 Å². The van der Waals surface area contributed by atoms with Crippen molar-refractivity contribution in [3.63, 3.8) is 0 Å². The number of carbonyl (C=O) groups excluding carboxylic acids is 2. The summed E-state index contributed by atoms with van der Waals surface area (Å²) in [7, 11) is 3.35. The highest BCUT2D eigenvalue weighted by Crippen LogP contribution is 2.32. The predicted octanol–water partition coefficient (Wildman–Crippen LogP) is 3.80. The van der Waals surface area contributed by atoms with Crippen molar-refractivity contribution in [2.45, 2.75) is 38.3 Å². The summed E-state index contributed by atoms with van der Waals surface area (Å²) in [6, 6.07) is 9.76. The lowest BCUT2D eigenvalue weighted by molar-refractivity contribution is -0.144. The van der Waals surface area contributed by atoms with Crippen LogP contribution < -0.4 is 5.73 Å². The third-order valence-electron chi connectivity index (χ3n) is 7.48. The van der Waals surface area contributed by atoms with Crippen molar-refractivity contribution in [2.24, 2.45) is 13.0 Å². The average Bonchev–Trinajstić information content (AvgIpc) is 3.52. The molecular formula is C30H29FN6O3. The fourth-order valence-electron chi connectivity index (χ4n) is 5.04. The van der Waals surface area contributed by atoms with E-state index in [4.69, 9.17) is 10.5 Å². The fraction of sp³-hybridized carbons (Fsp3) is 0.333. The number of aryl methyl sites for hydroxylation is 1. The van der Waals surface area contributed by atoms with E-state index in [1.165, 1.54) is 16.1 Å². The Morgan fingerprint density at radius 1 is 1.18 bits per heavy atom. The predicted molar refractivity (Wildman–Crippen MR) is 148 cm³/mol. The van der Waals surface area contributed by atoms with Gasteiger partial charge < -0.3 is 10.5 Å². The van der Waals surface area contributed by atoms with Crippen LogP contribution >= 0.6 is 0 Å². The van der Waals surface area contributed by atoms with Gasteiger partial charge in [-0.1, -0.05) is 17.9 Å². The molecule has 1 saturated heterocycles. The molecule has 2 aromatic heterocycles. The first kappa shape index (κ1) is 25.8. The number of aromatic nitrogens is 3. The van der Waals surface area contributed by atoms with E-state index in [0.717, 1.165) is 31.2 Å². The number of benzene rings is 2. The molecule has 204 valence electrons. The lowest BCUT2D eigenvalue weighted by atomic mass is 10.1.